The molecule has 9 heteroatoms. The molecule has 0 spiro atoms. The van der Waals surface area contributed by atoms with Gasteiger partial charge < -0.3 is 20.1 Å². The molecule has 0 aromatic carbocycles. The summed E-state index contributed by atoms with van der Waals surface area (Å²) >= 11 is 0. The minimum atomic E-state index is -4.31. The Balaban J connectivity index is 4.16. The van der Waals surface area contributed by atoms with Crippen LogP contribution in [0.25, 0.3) is 0 Å². The molecule has 0 aliphatic rings. The molecule has 0 saturated heterocycles. The number of carbonyl (C=O) groups excluding carboxylic acids is 1. The molecular formula is C53H86NO7P. The van der Waals surface area contributed by atoms with Crippen LogP contribution < -0.4 is 5.73 Å². The Morgan fingerprint density at radius 3 is 1.27 bits per heavy atom. The number of allylic oxidation sites excluding steroid dienone is 22. The van der Waals surface area contributed by atoms with Crippen LogP contribution in [0.4, 0.5) is 0 Å². The topological polar surface area (TPSA) is 117 Å². The molecular weight excluding hydrogens is 794 g/mol. The summed E-state index contributed by atoms with van der Waals surface area (Å²) in [6.45, 7) is 4.54. The van der Waals surface area contributed by atoms with Gasteiger partial charge in [-0.25, -0.2) is 4.57 Å². The average Bonchev–Trinajstić information content (AvgIpc) is 3.26. The Bertz CT molecular complexity index is 1400. The molecule has 62 heavy (non-hydrogen) atoms. The van der Waals surface area contributed by atoms with Crippen molar-refractivity contribution in [2.75, 3.05) is 33.0 Å². The summed E-state index contributed by atoms with van der Waals surface area (Å²) < 4.78 is 33.5. The van der Waals surface area contributed by atoms with Crippen molar-refractivity contribution in [2.24, 2.45) is 5.73 Å². The summed E-state index contributed by atoms with van der Waals surface area (Å²) in [6, 6.07) is 0. The summed E-state index contributed by atoms with van der Waals surface area (Å²) in [5.74, 6) is -0.368. The number of hydrogen-bond donors (Lipinski definition) is 2. The van der Waals surface area contributed by atoms with Crippen molar-refractivity contribution in [3.8, 4) is 0 Å². The third-order valence-corrected chi connectivity index (χ3v) is 10.0. The van der Waals surface area contributed by atoms with Crippen LogP contribution in [0.15, 0.2) is 134 Å². The lowest BCUT2D eigenvalue weighted by Gasteiger charge is -2.20. The number of ether oxygens (including phenoxy) is 2. The summed E-state index contributed by atoms with van der Waals surface area (Å²) in [6.07, 6.45) is 69.0. The van der Waals surface area contributed by atoms with E-state index in [2.05, 4.69) is 148 Å². The Kier molecular flexibility index (Phi) is 46.0. The van der Waals surface area contributed by atoms with Gasteiger partial charge in [-0.1, -0.05) is 173 Å². The van der Waals surface area contributed by atoms with Gasteiger partial charge in [0.05, 0.1) is 19.8 Å². The van der Waals surface area contributed by atoms with Crippen LogP contribution in [0.3, 0.4) is 0 Å². The van der Waals surface area contributed by atoms with E-state index in [1.807, 2.05) is 0 Å². The van der Waals surface area contributed by atoms with Crippen LogP contribution >= 0.6 is 7.82 Å². The van der Waals surface area contributed by atoms with Gasteiger partial charge >= 0.3 is 13.8 Å². The lowest BCUT2D eigenvalue weighted by molar-refractivity contribution is -0.154. The van der Waals surface area contributed by atoms with E-state index >= 15 is 0 Å². The molecule has 0 aromatic heterocycles. The van der Waals surface area contributed by atoms with E-state index < -0.39 is 13.9 Å². The first-order valence-electron chi connectivity index (χ1n) is 23.7. The van der Waals surface area contributed by atoms with Crippen LogP contribution in [0.5, 0.6) is 0 Å². The highest BCUT2D eigenvalue weighted by Gasteiger charge is 2.25. The van der Waals surface area contributed by atoms with E-state index in [1.54, 1.807) is 0 Å². The highest BCUT2D eigenvalue weighted by Crippen LogP contribution is 2.43. The van der Waals surface area contributed by atoms with Gasteiger partial charge in [0.1, 0.15) is 6.10 Å². The molecule has 0 rings (SSSR count). The molecule has 2 atom stereocenters. The van der Waals surface area contributed by atoms with E-state index in [9.17, 15) is 14.3 Å². The number of carbonyl (C=O) groups is 1. The quantitative estimate of drug-likeness (QED) is 0.0269. The van der Waals surface area contributed by atoms with Gasteiger partial charge in [-0.2, -0.15) is 0 Å². The number of esters is 1. The monoisotopic (exact) mass is 880 g/mol. The second-order valence-corrected chi connectivity index (χ2v) is 16.3. The molecule has 0 heterocycles. The molecule has 0 aliphatic carbocycles. The van der Waals surface area contributed by atoms with Crippen molar-refractivity contribution in [3.05, 3.63) is 134 Å². The van der Waals surface area contributed by atoms with E-state index in [1.165, 1.54) is 0 Å². The van der Waals surface area contributed by atoms with E-state index in [-0.39, 0.29) is 38.8 Å². The molecule has 0 aliphatic heterocycles. The minimum absolute atomic E-state index is 0.0750. The van der Waals surface area contributed by atoms with Gasteiger partial charge in [0, 0.05) is 19.6 Å². The standard InChI is InChI=1S/C53H86NO7P/c1-3-5-7-9-11-13-15-17-19-21-23-25-27-29-31-33-35-37-39-41-43-45-48-58-50-52(51-60-62(56,57)59-49-47-54)61-53(55)46-44-42-40-38-36-34-32-30-28-26-24-22-20-18-16-14-12-10-8-6-4-2/h5-8,11-14,17-20,23-26,29-32,35,37,52H,3-4,9-10,15-16,21-22,27-28,33-34,36,38-51,54H2,1-2H3,(H,56,57)/b7-5-,8-6-,13-11-,14-12-,19-17-,20-18-,25-23-,26-24-,31-29-,32-30-,37-35-. The minimum Gasteiger partial charge on any atom is -0.457 e. The molecule has 0 saturated carbocycles. The van der Waals surface area contributed by atoms with Crippen molar-refractivity contribution in [2.45, 2.75) is 161 Å². The van der Waals surface area contributed by atoms with Gasteiger partial charge in [0.25, 0.3) is 0 Å². The molecule has 0 fully saturated rings. The smallest absolute Gasteiger partial charge is 0.457 e. The highest BCUT2D eigenvalue weighted by molar-refractivity contribution is 7.47. The van der Waals surface area contributed by atoms with Crippen LogP contribution in [-0.4, -0.2) is 49.9 Å². The largest absolute Gasteiger partial charge is 0.472 e. The number of phosphoric ester groups is 1. The maximum atomic E-state index is 12.6. The molecule has 0 radical (unpaired) electrons. The van der Waals surface area contributed by atoms with Crippen molar-refractivity contribution in [1.29, 1.82) is 0 Å². The Morgan fingerprint density at radius 2 is 0.855 bits per heavy atom. The molecule has 2 unspecified atom stereocenters. The fourth-order valence-electron chi connectivity index (χ4n) is 5.67. The van der Waals surface area contributed by atoms with Gasteiger partial charge in [-0.3, -0.25) is 13.8 Å². The number of nitrogens with two attached hydrogens (primary N) is 1. The van der Waals surface area contributed by atoms with Crippen molar-refractivity contribution in [3.63, 3.8) is 0 Å². The molecule has 3 N–H and O–H groups in total. The van der Waals surface area contributed by atoms with Crippen LogP contribution in [0.2, 0.25) is 0 Å². The van der Waals surface area contributed by atoms with Crippen LogP contribution in [0.1, 0.15) is 155 Å². The Labute approximate surface area is 378 Å². The van der Waals surface area contributed by atoms with Crippen LogP contribution in [0, 0.1) is 0 Å². The zero-order chi connectivity index (χ0) is 45.1. The fourth-order valence-corrected chi connectivity index (χ4v) is 6.44. The molecule has 350 valence electrons. The van der Waals surface area contributed by atoms with Crippen LogP contribution in [-0.2, 0) is 27.9 Å². The van der Waals surface area contributed by atoms with E-state index in [0.29, 0.717) is 6.61 Å². The van der Waals surface area contributed by atoms with Gasteiger partial charge in [-0.15, -0.1) is 0 Å². The molecule has 0 amide bonds. The maximum absolute atomic E-state index is 12.6. The Morgan fingerprint density at radius 1 is 0.484 bits per heavy atom. The average molecular weight is 880 g/mol. The predicted molar refractivity (Wildman–Crippen MR) is 265 cm³/mol. The predicted octanol–water partition coefficient (Wildman–Crippen LogP) is 14.7. The number of rotatable bonds is 43. The zero-order valence-corrected chi connectivity index (χ0v) is 39.7. The second kappa shape index (κ2) is 48.7. The van der Waals surface area contributed by atoms with Crippen molar-refractivity contribution in [1.82, 2.24) is 0 Å². The summed E-state index contributed by atoms with van der Waals surface area (Å²) in [7, 11) is -4.31. The Hall–Kier alpha value is -3.36. The third-order valence-electron chi connectivity index (χ3n) is 9.06. The van der Waals surface area contributed by atoms with Gasteiger partial charge in [-0.05, 0) is 109 Å². The molecule has 0 aromatic rings. The van der Waals surface area contributed by atoms with E-state index in [0.717, 1.165) is 135 Å². The lowest BCUT2D eigenvalue weighted by Crippen LogP contribution is -2.28. The normalized spacial score (nSPS) is 14.6. The summed E-state index contributed by atoms with van der Waals surface area (Å²) in [5.41, 5.74) is 5.38. The number of unbranched alkanes of at least 4 members (excludes halogenated alkanes) is 8. The number of hydrogen-bond acceptors (Lipinski definition) is 7. The van der Waals surface area contributed by atoms with Crippen molar-refractivity contribution < 1.29 is 32.8 Å². The third kappa shape index (κ3) is 47.7. The summed E-state index contributed by atoms with van der Waals surface area (Å²) in [4.78, 5) is 22.6. The molecule has 0 bridgehead atoms. The van der Waals surface area contributed by atoms with Gasteiger partial charge in [0.15, 0.2) is 0 Å². The fraction of sp³-hybridized carbons (Fsp3) is 0.566. The van der Waals surface area contributed by atoms with E-state index in [4.69, 9.17) is 24.3 Å². The lowest BCUT2D eigenvalue weighted by atomic mass is 10.1. The first-order valence-corrected chi connectivity index (χ1v) is 25.2. The molecule has 8 nitrogen and oxygen atoms in total. The first kappa shape index (κ1) is 58.6. The zero-order valence-electron chi connectivity index (χ0n) is 38.8. The van der Waals surface area contributed by atoms with Gasteiger partial charge in [0.2, 0.25) is 0 Å². The summed E-state index contributed by atoms with van der Waals surface area (Å²) in [5, 5.41) is 0. The first-order chi connectivity index (χ1) is 30.4. The number of phosphoric acid groups is 1. The van der Waals surface area contributed by atoms with Crippen molar-refractivity contribution >= 4 is 13.8 Å². The highest BCUT2D eigenvalue weighted by atomic mass is 31.2. The maximum Gasteiger partial charge on any atom is 0.472 e. The second-order valence-electron chi connectivity index (χ2n) is 14.9. The SMILES string of the molecule is CC/C=C\C/C=C\C/C=C\C/C=C\C/C=C\C/C=C\CCCCCOCC(COP(=O)(O)OCCN)OC(=O)CCCCCCC/C=C\C/C=C\C/C=C\C/C=C\C/C=C\CC.